The number of ether oxygens (including phenoxy) is 1. The van der Waals surface area contributed by atoms with Crippen LogP contribution in [0.25, 0.3) is 0 Å². The molecule has 1 aliphatic rings. The highest BCUT2D eigenvalue weighted by atomic mass is 35.5. The number of hydrogen-bond donors (Lipinski definition) is 2. The molecule has 0 aliphatic carbocycles. The molecule has 1 fully saturated rings. The van der Waals surface area contributed by atoms with E-state index in [1.165, 1.54) is 0 Å². The van der Waals surface area contributed by atoms with Crippen LogP contribution in [0.2, 0.25) is 5.02 Å². The maximum absolute atomic E-state index is 12.1. The molecule has 0 unspecified atom stereocenters. The van der Waals surface area contributed by atoms with Crippen LogP contribution in [0, 0.1) is 0 Å². The Morgan fingerprint density at radius 2 is 1.97 bits per heavy atom. The van der Waals surface area contributed by atoms with E-state index < -0.39 is 0 Å². The molecule has 1 aliphatic heterocycles. The number of unbranched alkanes of at least 4 members (excludes halogenated alkanes) is 1. The van der Waals surface area contributed by atoms with Crippen molar-refractivity contribution in [2.45, 2.75) is 26.2 Å². The molecule has 0 saturated carbocycles. The Balaban J connectivity index is 1.39. The number of amides is 1. The number of methoxy groups -OCH3 is 1. The van der Waals surface area contributed by atoms with Gasteiger partial charge in [0.15, 0.2) is 0 Å². The fourth-order valence-corrected chi connectivity index (χ4v) is 3.83. The first-order valence-corrected chi connectivity index (χ1v) is 11.6. The smallest absolute Gasteiger partial charge is 0.270 e. The molecule has 1 saturated heterocycles. The van der Waals surface area contributed by atoms with Crippen LogP contribution in [0.1, 0.15) is 36.7 Å². The summed E-state index contributed by atoms with van der Waals surface area (Å²) in [5.74, 6) is 1.19. The van der Waals surface area contributed by atoms with Crippen LogP contribution in [-0.2, 0) is 0 Å². The number of benzene rings is 1. The molecule has 2 heterocycles. The second-order valence-corrected chi connectivity index (χ2v) is 8.24. The standard InChI is InChI=1S/C23H33ClN6O2/c1-3-4-9-25-22(31)19-8-11-27-23(28-19)26-10-5-12-29-13-15-30(16-14-29)20-17-18(24)6-7-21(20)32-2/h6-8,11,17H,3-5,9-10,12-16H2,1-2H3,(H,25,31)(H,26,27,28). The maximum Gasteiger partial charge on any atom is 0.270 e. The minimum atomic E-state index is -0.155. The van der Waals surface area contributed by atoms with Crippen LogP contribution in [0.15, 0.2) is 30.5 Å². The molecule has 174 valence electrons. The first-order chi connectivity index (χ1) is 15.6. The molecule has 0 bridgehead atoms. The molecule has 3 rings (SSSR count). The first-order valence-electron chi connectivity index (χ1n) is 11.3. The van der Waals surface area contributed by atoms with Crippen molar-refractivity contribution in [2.24, 2.45) is 0 Å². The Kier molecular flexibility index (Phi) is 9.37. The van der Waals surface area contributed by atoms with E-state index in [2.05, 4.69) is 37.3 Å². The number of carbonyl (C=O) groups excluding carboxylic acids is 1. The third kappa shape index (κ3) is 6.97. The van der Waals surface area contributed by atoms with Crippen LogP contribution >= 0.6 is 11.6 Å². The number of rotatable bonds is 11. The van der Waals surface area contributed by atoms with Gasteiger partial charge < -0.3 is 20.3 Å². The average Bonchev–Trinajstić information content (AvgIpc) is 2.82. The number of piperazine rings is 1. The Morgan fingerprint density at radius 3 is 2.72 bits per heavy atom. The van der Waals surface area contributed by atoms with Gasteiger partial charge in [0.05, 0.1) is 12.8 Å². The summed E-state index contributed by atoms with van der Waals surface area (Å²) in [4.78, 5) is 25.5. The Hall–Kier alpha value is -2.58. The van der Waals surface area contributed by atoms with Crippen LogP contribution in [0.4, 0.5) is 11.6 Å². The normalized spacial score (nSPS) is 14.3. The van der Waals surface area contributed by atoms with Crippen molar-refractivity contribution < 1.29 is 9.53 Å². The predicted molar refractivity (Wildman–Crippen MR) is 129 cm³/mol. The van der Waals surface area contributed by atoms with Crippen molar-refractivity contribution in [3.63, 3.8) is 0 Å². The van der Waals surface area contributed by atoms with Gasteiger partial charge in [-0.25, -0.2) is 9.97 Å². The van der Waals surface area contributed by atoms with Gasteiger partial charge in [-0.05, 0) is 43.7 Å². The van der Waals surface area contributed by atoms with Crippen LogP contribution in [0.5, 0.6) is 5.75 Å². The fourth-order valence-electron chi connectivity index (χ4n) is 3.67. The molecule has 2 aromatic rings. The van der Waals surface area contributed by atoms with Gasteiger partial charge >= 0.3 is 0 Å². The molecule has 8 nitrogen and oxygen atoms in total. The van der Waals surface area contributed by atoms with Gasteiger partial charge in [0.2, 0.25) is 5.95 Å². The molecule has 1 amide bonds. The number of nitrogens with zero attached hydrogens (tertiary/aromatic N) is 4. The topological polar surface area (TPSA) is 82.6 Å². The number of hydrogen-bond acceptors (Lipinski definition) is 7. The summed E-state index contributed by atoms with van der Waals surface area (Å²) in [5, 5.41) is 6.83. The van der Waals surface area contributed by atoms with Gasteiger partial charge in [0.25, 0.3) is 5.91 Å². The van der Waals surface area contributed by atoms with Gasteiger partial charge in [-0.2, -0.15) is 0 Å². The molecule has 1 aromatic carbocycles. The van der Waals surface area contributed by atoms with Gasteiger partial charge in [0, 0.05) is 50.5 Å². The Morgan fingerprint density at radius 1 is 1.16 bits per heavy atom. The summed E-state index contributed by atoms with van der Waals surface area (Å²) in [6.07, 6.45) is 4.59. The van der Waals surface area contributed by atoms with Crippen LogP contribution in [0.3, 0.4) is 0 Å². The lowest BCUT2D eigenvalue weighted by atomic mass is 10.2. The second kappa shape index (κ2) is 12.5. The summed E-state index contributed by atoms with van der Waals surface area (Å²) < 4.78 is 5.49. The highest BCUT2D eigenvalue weighted by Gasteiger charge is 2.19. The van der Waals surface area contributed by atoms with E-state index >= 15 is 0 Å². The van der Waals surface area contributed by atoms with Gasteiger partial charge in [-0.15, -0.1) is 0 Å². The third-order valence-corrected chi connectivity index (χ3v) is 5.73. The molecule has 32 heavy (non-hydrogen) atoms. The molecule has 0 radical (unpaired) electrons. The summed E-state index contributed by atoms with van der Waals surface area (Å²) in [6, 6.07) is 7.38. The zero-order valence-corrected chi connectivity index (χ0v) is 19.7. The molecule has 9 heteroatoms. The van der Waals surface area contributed by atoms with Crippen LogP contribution in [-0.4, -0.2) is 73.7 Å². The lowest BCUT2D eigenvalue weighted by Crippen LogP contribution is -2.47. The van der Waals surface area contributed by atoms with E-state index in [-0.39, 0.29) is 5.91 Å². The van der Waals surface area contributed by atoms with Gasteiger partial charge in [-0.1, -0.05) is 24.9 Å². The van der Waals surface area contributed by atoms with E-state index in [0.29, 0.717) is 18.2 Å². The molecule has 0 spiro atoms. The van der Waals surface area contributed by atoms with Crippen molar-refractivity contribution in [1.82, 2.24) is 20.2 Å². The van der Waals surface area contributed by atoms with Crippen molar-refractivity contribution in [2.75, 3.05) is 63.1 Å². The van der Waals surface area contributed by atoms with Gasteiger partial charge in [0.1, 0.15) is 11.4 Å². The van der Waals surface area contributed by atoms with Crippen molar-refractivity contribution in [1.29, 1.82) is 0 Å². The predicted octanol–water partition coefficient (Wildman–Crippen LogP) is 3.29. The number of anilines is 2. The SMILES string of the molecule is CCCCNC(=O)c1ccnc(NCCCN2CCN(c3cc(Cl)ccc3OC)CC2)n1. The Labute approximate surface area is 195 Å². The number of aromatic nitrogens is 2. The monoisotopic (exact) mass is 460 g/mol. The minimum Gasteiger partial charge on any atom is -0.495 e. The average molecular weight is 461 g/mol. The second-order valence-electron chi connectivity index (χ2n) is 7.80. The summed E-state index contributed by atoms with van der Waals surface area (Å²) >= 11 is 6.18. The fraction of sp³-hybridized carbons (Fsp3) is 0.522. The van der Waals surface area contributed by atoms with Gasteiger partial charge in [-0.3, -0.25) is 9.69 Å². The number of carbonyl (C=O) groups is 1. The van der Waals surface area contributed by atoms with E-state index in [4.69, 9.17) is 16.3 Å². The van der Waals surface area contributed by atoms with Crippen LogP contribution < -0.4 is 20.3 Å². The molecular formula is C23H33ClN6O2. The molecular weight excluding hydrogens is 428 g/mol. The zero-order valence-electron chi connectivity index (χ0n) is 18.9. The van der Waals surface area contributed by atoms with Crippen molar-refractivity contribution in [3.8, 4) is 5.75 Å². The molecule has 1 aromatic heterocycles. The van der Waals surface area contributed by atoms with E-state index in [1.807, 2.05) is 18.2 Å². The third-order valence-electron chi connectivity index (χ3n) is 5.49. The first kappa shape index (κ1) is 24.1. The lowest BCUT2D eigenvalue weighted by Gasteiger charge is -2.36. The summed E-state index contributed by atoms with van der Waals surface area (Å²) in [7, 11) is 1.69. The molecule has 2 N–H and O–H groups in total. The number of halogens is 1. The highest BCUT2D eigenvalue weighted by Crippen LogP contribution is 2.31. The van der Waals surface area contributed by atoms with E-state index in [9.17, 15) is 4.79 Å². The summed E-state index contributed by atoms with van der Waals surface area (Å²) in [6.45, 7) is 8.34. The minimum absolute atomic E-state index is 0.155. The zero-order chi connectivity index (χ0) is 22.8. The summed E-state index contributed by atoms with van der Waals surface area (Å²) in [5.41, 5.74) is 1.45. The quantitative estimate of drug-likeness (QED) is 0.498. The van der Waals surface area contributed by atoms with Crippen molar-refractivity contribution in [3.05, 3.63) is 41.2 Å². The largest absolute Gasteiger partial charge is 0.495 e. The number of nitrogens with one attached hydrogen (secondary N) is 2. The lowest BCUT2D eigenvalue weighted by molar-refractivity contribution is 0.0948. The van der Waals surface area contributed by atoms with E-state index in [1.54, 1.807) is 19.4 Å². The maximum atomic E-state index is 12.1. The highest BCUT2D eigenvalue weighted by molar-refractivity contribution is 6.30. The van der Waals surface area contributed by atoms with E-state index in [0.717, 1.165) is 75.0 Å². The Bertz CT molecular complexity index is 873. The molecule has 0 atom stereocenters. The van der Waals surface area contributed by atoms with Crippen molar-refractivity contribution >= 4 is 29.1 Å².